The van der Waals surface area contributed by atoms with Gasteiger partial charge in [-0.05, 0) is 57.9 Å². The van der Waals surface area contributed by atoms with Gasteiger partial charge in [0.1, 0.15) is 5.60 Å². The van der Waals surface area contributed by atoms with E-state index in [0.717, 1.165) is 10.8 Å². The second-order valence-corrected chi connectivity index (χ2v) is 10.5. The van der Waals surface area contributed by atoms with Gasteiger partial charge in [-0.15, -0.1) is 0 Å². The van der Waals surface area contributed by atoms with E-state index in [9.17, 15) is 18.4 Å². The Morgan fingerprint density at radius 1 is 1.08 bits per heavy atom. The first-order valence-corrected chi connectivity index (χ1v) is 12.8. The third-order valence-electron chi connectivity index (χ3n) is 5.93. The molecular formula is C26H30N4O5S. The van der Waals surface area contributed by atoms with Crippen molar-refractivity contribution in [3.05, 3.63) is 66.5 Å². The molecule has 0 saturated carbocycles. The van der Waals surface area contributed by atoms with Crippen molar-refractivity contribution in [2.75, 3.05) is 22.7 Å². The molecule has 3 aromatic rings. The Balaban J connectivity index is 1.58. The highest BCUT2D eigenvalue weighted by Gasteiger charge is 2.32. The largest absolute Gasteiger partial charge is 0.444 e. The molecule has 1 saturated heterocycles. The SMILES string of the molecule is CC(C)(C)OC(=O)N1CCC(N(c2ccc(NC(=O)c3cccnc3)c3ccccc23)S(=O)O)CC1. The fourth-order valence-electron chi connectivity index (χ4n) is 4.29. The summed E-state index contributed by atoms with van der Waals surface area (Å²) in [5, 5.41) is 4.40. The van der Waals surface area contributed by atoms with Gasteiger partial charge in [-0.1, -0.05) is 24.3 Å². The molecule has 0 radical (unpaired) electrons. The van der Waals surface area contributed by atoms with E-state index in [1.807, 2.05) is 45.0 Å². The van der Waals surface area contributed by atoms with Crippen LogP contribution in [0.2, 0.25) is 0 Å². The van der Waals surface area contributed by atoms with Crippen LogP contribution in [0.15, 0.2) is 60.9 Å². The average Bonchev–Trinajstić information content (AvgIpc) is 2.85. The summed E-state index contributed by atoms with van der Waals surface area (Å²) in [6.45, 7) is 6.31. The van der Waals surface area contributed by atoms with Gasteiger partial charge in [0, 0.05) is 48.0 Å². The molecule has 36 heavy (non-hydrogen) atoms. The number of rotatable bonds is 5. The van der Waals surface area contributed by atoms with E-state index in [0.29, 0.717) is 42.9 Å². The maximum atomic E-state index is 12.7. The normalized spacial score (nSPS) is 15.4. The minimum absolute atomic E-state index is 0.256. The van der Waals surface area contributed by atoms with Gasteiger partial charge in [0.25, 0.3) is 17.2 Å². The first-order valence-electron chi connectivity index (χ1n) is 11.8. The quantitative estimate of drug-likeness (QED) is 0.476. The average molecular weight is 511 g/mol. The van der Waals surface area contributed by atoms with Crippen LogP contribution in [-0.2, 0) is 16.0 Å². The molecule has 1 fully saturated rings. The molecular weight excluding hydrogens is 480 g/mol. The lowest BCUT2D eigenvalue weighted by Crippen LogP contribution is -2.48. The summed E-state index contributed by atoms with van der Waals surface area (Å²) in [5.41, 5.74) is 1.02. The molecule has 1 aromatic heterocycles. The van der Waals surface area contributed by atoms with Crippen LogP contribution >= 0.6 is 0 Å². The minimum Gasteiger partial charge on any atom is -0.444 e. The highest BCUT2D eigenvalue weighted by molar-refractivity contribution is 7.80. The minimum atomic E-state index is -2.29. The molecule has 0 bridgehead atoms. The van der Waals surface area contributed by atoms with Crippen molar-refractivity contribution in [2.24, 2.45) is 0 Å². The van der Waals surface area contributed by atoms with Crippen LogP contribution in [0.4, 0.5) is 16.2 Å². The standard InChI is InChI=1S/C26H30N4O5S/c1-26(2,3)35-25(32)29-15-12-19(13-16-29)30(36(33)34)23-11-10-22(20-8-4-5-9-21(20)23)28-24(31)18-7-6-14-27-17-18/h4-11,14,17,19H,12-13,15-16H2,1-3H3,(H,28,31)(H,33,34). The molecule has 2 N–H and O–H groups in total. The van der Waals surface area contributed by atoms with Gasteiger partial charge < -0.3 is 15.0 Å². The van der Waals surface area contributed by atoms with Crippen LogP contribution in [0, 0.1) is 0 Å². The number of anilines is 2. The zero-order valence-corrected chi connectivity index (χ0v) is 21.3. The Kier molecular flexibility index (Phi) is 7.56. The van der Waals surface area contributed by atoms with Crippen LogP contribution in [-0.4, -0.2) is 55.4 Å². The molecule has 1 unspecified atom stereocenters. The van der Waals surface area contributed by atoms with Crippen molar-refractivity contribution < 1.29 is 23.1 Å². The van der Waals surface area contributed by atoms with Crippen LogP contribution in [0.5, 0.6) is 0 Å². The molecule has 1 aliphatic rings. The van der Waals surface area contributed by atoms with E-state index >= 15 is 0 Å². The first-order chi connectivity index (χ1) is 17.1. The maximum absolute atomic E-state index is 12.7. The summed E-state index contributed by atoms with van der Waals surface area (Å²) < 4.78 is 29.8. The molecule has 2 heterocycles. The summed E-state index contributed by atoms with van der Waals surface area (Å²) in [4.78, 5) is 30.8. The van der Waals surface area contributed by atoms with Gasteiger partial charge in [0.15, 0.2) is 0 Å². The lowest BCUT2D eigenvalue weighted by molar-refractivity contribution is 0.0207. The molecule has 1 aliphatic heterocycles. The van der Waals surface area contributed by atoms with Gasteiger partial charge in [-0.25, -0.2) is 9.00 Å². The van der Waals surface area contributed by atoms with Gasteiger partial charge in [-0.3, -0.25) is 18.6 Å². The molecule has 2 amide bonds. The van der Waals surface area contributed by atoms with Gasteiger partial charge in [0.05, 0.1) is 11.3 Å². The number of nitrogens with zero attached hydrogens (tertiary/aromatic N) is 3. The number of amides is 2. The van der Waals surface area contributed by atoms with Crippen LogP contribution in [0.3, 0.4) is 0 Å². The maximum Gasteiger partial charge on any atom is 0.410 e. The number of piperidine rings is 1. The molecule has 0 aliphatic carbocycles. The zero-order valence-electron chi connectivity index (χ0n) is 20.5. The number of ether oxygens (including phenoxy) is 1. The second kappa shape index (κ2) is 10.6. The molecule has 190 valence electrons. The highest BCUT2D eigenvalue weighted by Crippen LogP contribution is 2.36. The number of likely N-dealkylation sites (tertiary alicyclic amines) is 1. The lowest BCUT2D eigenvalue weighted by Gasteiger charge is -2.38. The van der Waals surface area contributed by atoms with Crippen molar-refractivity contribution in [3.63, 3.8) is 0 Å². The number of benzene rings is 2. The summed E-state index contributed by atoms with van der Waals surface area (Å²) in [7, 11) is 0. The van der Waals surface area contributed by atoms with E-state index in [2.05, 4.69) is 10.3 Å². The summed E-state index contributed by atoms with van der Waals surface area (Å²) in [5.74, 6) is -0.293. The fourth-order valence-corrected chi connectivity index (χ4v) is 5.09. The number of carbonyl (C=O) groups is 2. The summed E-state index contributed by atoms with van der Waals surface area (Å²) in [6, 6.07) is 14.0. The van der Waals surface area contributed by atoms with Crippen molar-refractivity contribution in [1.29, 1.82) is 0 Å². The summed E-state index contributed by atoms with van der Waals surface area (Å²) >= 11 is -2.29. The lowest BCUT2D eigenvalue weighted by atomic mass is 10.0. The monoisotopic (exact) mass is 510 g/mol. The van der Waals surface area contributed by atoms with Crippen molar-refractivity contribution in [3.8, 4) is 0 Å². The number of fused-ring (bicyclic) bond motifs is 1. The van der Waals surface area contributed by atoms with E-state index < -0.39 is 16.9 Å². The Morgan fingerprint density at radius 2 is 1.78 bits per heavy atom. The van der Waals surface area contributed by atoms with E-state index in [4.69, 9.17) is 4.74 Å². The van der Waals surface area contributed by atoms with E-state index in [1.165, 1.54) is 10.5 Å². The predicted molar refractivity (Wildman–Crippen MR) is 140 cm³/mol. The molecule has 10 heteroatoms. The van der Waals surface area contributed by atoms with Gasteiger partial charge in [0.2, 0.25) is 0 Å². The fraction of sp³-hybridized carbons (Fsp3) is 0.346. The number of pyridine rings is 1. The molecule has 2 aromatic carbocycles. The topological polar surface area (TPSA) is 112 Å². The summed E-state index contributed by atoms with van der Waals surface area (Å²) in [6.07, 6.45) is 3.74. The third-order valence-corrected chi connectivity index (χ3v) is 6.76. The van der Waals surface area contributed by atoms with Crippen molar-refractivity contribution in [2.45, 2.75) is 45.3 Å². The Labute approximate surface area is 212 Å². The van der Waals surface area contributed by atoms with E-state index in [1.54, 1.807) is 35.4 Å². The Bertz CT molecular complexity index is 1270. The van der Waals surface area contributed by atoms with Crippen LogP contribution in [0.25, 0.3) is 10.8 Å². The first kappa shape index (κ1) is 25.6. The zero-order chi connectivity index (χ0) is 25.9. The number of hydrogen-bond donors (Lipinski definition) is 2. The molecule has 0 spiro atoms. The van der Waals surface area contributed by atoms with Gasteiger partial charge >= 0.3 is 6.09 Å². The molecule has 1 atom stereocenters. The van der Waals surface area contributed by atoms with E-state index in [-0.39, 0.29) is 18.0 Å². The van der Waals surface area contributed by atoms with Crippen LogP contribution in [0.1, 0.15) is 44.0 Å². The third kappa shape index (κ3) is 5.83. The predicted octanol–water partition coefficient (Wildman–Crippen LogP) is 4.83. The second-order valence-electron chi connectivity index (χ2n) is 9.63. The Hall–Kier alpha value is -3.50. The van der Waals surface area contributed by atoms with Crippen molar-refractivity contribution in [1.82, 2.24) is 9.88 Å². The Morgan fingerprint density at radius 3 is 2.39 bits per heavy atom. The highest BCUT2D eigenvalue weighted by atomic mass is 32.2. The van der Waals surface area contributed by atoms with Crippen LogP contribution < -0.4 is 9.62 Å². The molecule has 9 nitrogen and oxygen atoms in total. The number of aromatic nitrogens is 1. The smallest absolute Gasteiger partial charge is 0.410 e. The van der Waals surface area contributed by atoms with Gasteiger partial charge in [-0.2, -0.15) is 0 Å². The number of carbonyl (C=O) groups excluding carboxylic acids is 2. The number of hydrogen-bond acceptors (Lipinski definition) is 5. The molecule has 4 rings (SSSR count). The number of nitrogens with one attached hydrogen (secondary N) is 1. The van der Waals surface area contributed by atoms with Crippen molar-refractivity contribution >= 4 is 45.4 Å².